The summed E-state index contributed by atoms with van der Waals surface area (Å²) in [5.74, 6) is 0. The van der Waals surface area contributed by atoms with Crippen LogP contribution in [0.4, 0.5) is 4.79 Å². The minimum absolute atomic E-state index is 0.951. The monoisotopic (exact) mass is 102 g/mol. The molecular formula is C2H2N2O3. The molecule has 38 valence electrons. The maximum Gasteiger partial charge on any atom is 0.431 e. The van der Waals surface area contributed by atoms with Crippen molar-refractivity contribution in [3.8, 4) is 0 Å². The molecule has 0 unspecified atom stereocenters. The van der Waals surface area contributed by atoms with Gasteiger partial charge < -0.3 is 5.73 Å². The van der Waals surface area contributed by atoms with Gasteiger partial charge in [-0.05, 0) is 0 Å². The number of rotatable bonds is 1. The van der Waals surface area contributed by atoms with Gasteiger partial charge in [-0.2, -0.15) is 0 Å². The maximum atomic E-state index is 9.49. The van der Waals surface area contributed by atoms with Crippen molar-refractivity contribution >= 4 is 12.2 Å². The Morgan fingerprint density at radius 2 is 2.43 bits per heavy atom. The largest absolute Gasteiger partial charge is 0.431 e. The summed E-state index contributed by atoms with van der Waals surface area (Å²) in [6.45, 7) is 0. The van der Waals surface area contributed by atoms with Gasteiger partial charge >= 0.3 is 6.09 Å². The first-order valence-electron chi connectivity index (χ1n) is 1.31. The number of carbonyl (C=O) groups excluding carboxylic acids is 2. The van der Waals surface area contributed by atoms with E-state index in [1.165, 1.54) is 0 Å². The lowest BCUT2D eigenvalue weighted by Gasteiger charge is -1.78. The van der Waals surface area contributed by atoms with Crippen molar-refractivity contribution in [3.63, 3.8) is 0 Å². The lowest BCUT2D eigenvalue weighted by atomic mass is 11.3. The average molecular weight is 102 g/mol. The van der Waals surface area contributed by atoms with Gasteiger partial charge in [0.2, 0.25) is 0 Å². The number of amides is 1. The Bertz CT molecular complexity index is 114. The smallest absolute Gasteiger partial charge is 0.333 e. The zero-order valence-electron chi connectivity index (χ0n) is 3.25. The van der Waals surface area contributed by atoms with Gasteiger partial charge in [0.05, 0.1) is 0 Å². The highest BCUT2D eigenvalue weighted by atomic mass is 16.7. The van der Waals surface area contributed by atoms with E-state index in [9.17, 15) is 4.79 Å². The fourth-order valence-electron chi connectivity index (χ4n) is 0.0636. The van der Waals surface area contributed by atoms with Crippen LogP contribution < -0.4 is 5.73 Å². The molecule has 0 aliphatic carbocycles. The Balaban J connectivity index is 3.32. The fourth-order valence-corrected chi connectivity index (χ4v) is 0.0636. The normalized spacial score (nSPS) is 6.29. The van der Waals surface area contributed by atoms with Crippen LogP contribution in [-0.4, -0.2) is 12.2 Å². The van der Waals surface area contributed by atoms with Crippen molar-refractivity contribution in [1.82, 2.24) is 0 Å². The summed E-state index contributed by atoms with van der Waals surface area (Å²) in [6, 6.07) is 0. The van der Waals surface area contributed by atoms with E-state index in [1.54, 1.807) is 0 Å². The first-order valence-corrected chi connectivity index (χ1v) is 1.31. The Kier molecular flexibility index (Phi) is 2.31. The SMILES string of the molecule is NC(=O)ON=C=O. The molecule has 7 heavy (non-hydrogen) atoms. The van der Waals surface area contributed by atoms with E-state index in [4.69, 9.17) is 4.79 Å². The molecule has 0 saturated heterocycles. The minimum atomic E-state index is -1.12. The summed E-state index contributed by atoms with van der Waals surface area (Å²) in [4.78, 5) is 22.1. The molecule has 1 amide bonds. The van der Waals surface area contributed by atoms with Gasteiger partial charge in [0.25, 0.3) is 6.08 Å². The second-order valence-electron chi connectivity index (χ2n) is 0.593. The van der Waals surface area contributed by atoms with Crippen molar-refractivity contribution in [2.24, 2.45) is 10.9 Å². The minimum Gasteiger partial charge on any atom is -0.333 e. The van der Waals surface area contributed by atoms with Crippen molar-refractivity contribution in [2.45, 2.75) is 0 Å². The summed E-state index contributed by atoms with van der Waals surface area (Å²) >= 11 is 0. The number of hydrogen-bond donors (Lipinski definition) is 1. The van der Waals surface area contributed by atoms with Crippen molar-refractivity contribution in [3.05, 3.63) is 0 Å². The third-order valence-corrected chi connectivity index (χ3v) is 0.173. The molecule has 0 rings (SSSR count). The van der Waals surface area contributed by atoms with E-state index in [0.717, 1.165) is 6.08 Å². The molecule has 5 nitrogen and oxygen atoms in total. The summed E-state index contributed by atoms with van der Waals surface area (Å²) < 4.78 is 0. The van der Waals surface area contributed by atoms with Gasteiger partial charge in [0, 0.05) is 5.16 Å². The zero-order chi connectivity index (χ0) is 5.70. The molecule has 0 atom stereocenters. The lowest BCUT2D eigenvalue weighted by molar-refractivity contribution is 0.161. The van der Waals surface area contributed by atoms with Gasteiger partial charge in [0.15, 0.2) is 0 Å². The molecule has 0 fully saturated rings. The standard InChI is InChI=1S/C2H2N2O3/c3-2(6)7-4-1-5/h(H2,3,6). The molecule has 0 bridgehead atoms. The molecule has 0 radical (unpaired) electrons. The number of isocyanates is 1. The van der Waals surface area contributed by atoms with Crippen molar-refractivity contribution < 1.29 is 14.4 Å². The van der Waals surface area contributed by atoms with Crippen molar-refractivity contribution in [2.75, 3.05) is 0 Å². The van der Waals surface area contributed by atoms with E-state index in [2.05, 4.69) is 15.7 Å². The van der Waals surface area contributed by atoms with Crippen LogP contribution in [-0.2, 0) is 9.63 Å². The first kappa shape index (κ1) is 5.65. The molecule has 0 spiro atoms. The van der Waals surface area contributed by atoms with E-state index < -0.39 is 6.09 Å². The fraction of sp³-hybridized carbons (Fsp3) is 0. The van der Waals surface area contributed by atoms with Crippen LogP contribution in [0.5, 0.6) is 0 Å². The van der Waals surface area contributed by atoms with E-state index in [0.29, 0.717) is 0 Å². The maximum absolute atomic E-state index is 9.49. The Labute approximate surface area is 38.7 Å². The highest BCUT2D eigenvalue weighted by molar-refractivity contribution is 5.64. The number of primary amides is 1. The lowest BCUT2D eigenvalue weighted by Crippen LogP contribution is -2.08. The third-order valence-electron chi connectivity index (χ3n) is 0.173. The predicted octanol–water partition coefficient (Wildman–Crippen LogP) is -0.667. The molecule has 0 aliphatic heterocycles. The molecule has 0 aliphatic rings. The molecular weight excluding hydrogens is 100 g/mol. The molecule has 0 heterocycles. The second-order valence-corrected chi connectivity index (χ2v) is 0.593. The topological polar surface area (TPSA) is 81.8 Å². The van der Waals surface area contributed by atoms with Gasteiger partial charge in [-0.15, -0.1) is 0 Å². The first-order chi connectivity index (χ1) is 3.27. The molecule has 0 aromatic heterocycles. The van der Waals surface area contributed by atoms with E-state index in [-0.39, 0.29) is 0 Å². The summed E-state index contributed by atoms with van der Waals surface area (Å²) in [5, 5.41) is 2.39. The molecule has 0 saturated carbocycles. The van der Waals surface area contributed by atoms with E-state index >= 15 is 0 Å². The average Bonchev–Trinajstić information content (AvgIpc) is 1.61. The molecule has 0 aromatic rings. The molecule has 0 aromatic carbocycles. The molecule has 2 N–H and O–H groups in total. The number of nitrogens with zero attached hydrogens (tertiary/aromatic N) is 1. The van der Waals surface area contributed by atoms with Crippen LogP contribution in [0.2, 0.25) is 0 Å². The zero-order valence-corrected chi connectivity index (χ0v) is 3.25. The van der Waals surface area contributed by atoms with Crippen LogP contribution in [0.25, 0.3) is 0 Å². The highest BCUT2D eigenvalue weighted by Crippen LogP contribution is 1.66. The van der Waals surface area contributed by atoms with Crippen LogP contribution in [0.15, 0.2) is 5.16 Å². The Morgan fingerprint density at radius 3 is 2.57 bits per heavy atom. The van der Waals surface area contributed by atoms with Crippen LogP contribution in [0, 0.1) is 0 Å². The second kappa shape index (κ2) is 2.87. The highest BCUT2D eigenvalue weighted by Gasteiger charge is 1.84. The van der Waals surface area contributed by atoms with Crippen LogP contribution in [0.3, 0.4) is 0 Å². The summed E-state index contributed by atoms with van der Waals surface area (Å²) in [7, 11) is 0. The summed E-state index contributed by atoms with van der Waals surface area (Å²) in [5.41, 5.74) is 4.34. The Hall–Kier alpha value is -1.35. The molecule has 5 heteroatoms. The summed E-state index contributed by atoms with van der Waals surface area (Å²) in [6.07, 6.45) is -0.171. The number of carbonyl (C=O) groups is 1. The quantitative estimate of drug-likeness (QED) is 0.206. The van der Waals surface area contributed by atoms with Crippen LogP contribution >= 0.6 is 0 Å². The van der Waals surface area contributed by atoms with Gasteiger partial charge in [0.1, 0.15) is 0 Å². The Morgan fingerprint density at radius 1 is 1.86 bits per heavy atom. The van der Waals surface area contributed by atoms with Gasteiger partial charge in [-0.3, -0.25) is 4.84 Å². The predicted molar refractivity (Wildman–Crippen MR) is 18.8 cm³/mol. The van der Waals surface area contributed by atoms with Gasteiger partial charge in [-0.25, -0.2) is 9.59 Å². The van der Waals surface area contributed by atoms with Crippen LogP contribution in [0.1, 0.15) is 0 Å². The van der Waals surface area contributed by atoms with E-state index in [1.807, 2.05) is 0 Å². The number of hydrogen-bond acceptors (Lipinski definition) is 4. The number of nitrogens with two attached hydrogens (primary N) is 1. The van der Waals surface area contributed by atoms with Gasteiger partial charge in [-0.1, -0.05) is 0 Å². The van der Waals surface area contributed by atoms with Crippen molar-refractivity contribution in [1.29, 1.82) is 0 Å². The third kappa shape index (κ3) is 4.65.